The summed E-state index contributed by atoms with van der Waals surface area (Å²) in [5.41, 5.74) is 0. The van der Waals surface area contributed by atoms with Gasteiger partial charge in [0, 0.05) is 20.7 Å². The van der Waals surface area contributed by atoms with E-state index in [1.807, 2.05) is 0 Å². The highest BCUT2D eigenvalue weighted by Crippen LogP contribution is 1.91. The van der Waals surface area contributed by atoms with E-state index in [-0.39, 0.29) is 30.6 Å². The molecule has 0 aliphatic rings. The summed E-state index contributed by atoms with van der Waals surface area (Å²) in [4.78, 5) is 34.5. The molecular formula is C10H18N2O4. The van der Waals surface area contributed by atoms with Crippen molar-refractivity contribution in [1.29, 1.82) is 0 Å². The number of ether oxygens (including phenoxy) is 1. The Morgan fingerprint density at radius 3 is 2.44 bits per heavy atom. The van der Waals surface area contributed by atoms with Gasteiger partial charge in [-0.2, -0.15) is 0 Å². The van der Waals surface area contributed by atoms with Crippen LogP contribution in [0.25, 0.3) is 0 Å². The summed E-state index contributed by atoms with van der Waals surface area (Å²) in [7, 11) is 3.02. The number of rotatable bonds is 7. The van der Waals surface area contributed by atoms with Gasteiger partial charge in [0.1, 0.15) is 5.78 Å². The molecule has 0 radical (unpaired) electrons. The molecule has 0 aliphatic carbocycles. The number of likely N-dealkylation sites (N-methyl/N-ethyl adjacent to an activating group) is 1. The van der Waals surface area contributed by atoms with Gasteiger partial charge < -0.3 is 15.0 Å². The summed E-state index contributed by atoms with van der Waals surface area (Å²) in [6, 6.07) is 0. The Kier molecular flexibility index (Phi) is 7.11. The van der Waals surface area contributed by atoms with Crippen LogP contribution in [0.5, 0.6) is 0 Å². The van der Waals surface area contributed by atoms with Gasteiger partial charge in [0.15, 0.2) is 0 Å². The van der Waals surface area contributed by atoms with E-state index in [2.05, 4.69) is 5.32 Å². The second-order valence-corrected chi connectivity index (χ2v) is 3.47. The predicted molar refractivity (Wildman–Crippen MR) is 57.8 cm³/mol. The van der Waals surface area contributed by atoms with Crippen LogP contribution in [0.4, 0.5) is 0 Å². The van der Waals surface area contributed by atoms with E-state index in [1.165, 1.54) is 26.0 Å². The maximum absolute atomic E-state index is 11.3. The van der Waals surface area contributed by atoms with E-state index >= 15 is 0 Å². The van der Waals surface area contributed by atoms with Crippen LogP contribution in [0, 0.1) is 0 Å². The molecule has 0 spiro atoms. The van der Waals surface area contributed by atoms with Crippen molar-refractivity contribution < 1.29 is 19.1 Å². The van der Waals surface area contributed by atoms with Crippen LogP contribution in [-0.2, 0) is 19.1 Å². The molecule has 0 fully saturated rings. The lowest BCUT2D eigenvalue weighted by Crippen LogP contribution is -2.39. The first kappa shape index (κ1) is 14.6. The second kappa shape index (κ2) is 7.81. The monoisotopic (exact) mass is 230 g/mol. The third-order valence-corrected chi connectivity index (χ3v) is 1.84. The SMILES string of the molecule is COCCNC(=O)CN(C)C(=O)CC(C)=O. The van der Waals surface area contributed by atoms with Crippen LogP contribution in [0.3, 0.4) is 0 Å². The summed E-state index contributed by atoms with van der Waals surface area (Å²) in [6.45, 7) is 2.13. The number of nitrogens with zero attached hydrogens (tertiary/aromatic N) is 1. The fourth-order valence-corrected chi connectivity index (χ4v) is 1.000. The number of carbonyl (C=O) groups excluding carboxylic acids is 3. The van der Waals surface area contributed by atoms with Gasteiger partial charge in [0.25, 0.3) is 0 Å². The number of amides is 2. The van der Waals surface area contributed by atoms with Crippen molar-refractivity contribution >= 4 is 17.6 Å². The molecule has 6 heteroatoms. The van der Waals surface area contributed by atoms with Gasteiger partial charge in [-0.1, -0.05) is 0 Å². The van der Waals surface area contributed by atoms with E-state index in [0.29, 0.717) is 13.2 Å². The number of hydrogen-bond donors (Lipinski definition) is 1. The summed E-state index contributed by atoms with van der Waals surface area (Å²) in [5, 5.41) is 2.58. The van der Waals surface area contributed by atoms with Crippen LogP contribution < -0.4 is 5.32 Å². The molecule has 0 unspecified atom stereocenters. The van der Waals surface area contributed by atoms with Crippen molar-refractivity contribution in [3.05, 3.63) is 0 Å². The summed E-state index contributed by atoms with van der Waals surface area (Å²) >= 11 is 0. The van der Waals surface area contributed by atoms with Crippen molar-refractivity contribution in [3.63, 3.8) is 0 Å². The topological polar surface area (TPSA) is 75.7 Å². The third-order valence-electron chi connectivity index (χ3n) is 1.84. The number of Topliss-reactive ketones (excluding diaryl/α,β-unsaturated/α-hetero) is 1. The molecule has 92 valence electrons. The molecule has 6 nitrogen and oxygen atoms in total. The summed E-state index contributed by atoms with van der Waals surface area (Å²) < 4.78 is 4.76. The van der Waals surface area contributed by atoms with Gasteiger partial charge in [0.05, 0.1) is 19.6 Å². The summed E-state index contributed by atoms with van der Waals surface area (Å²) in [6.07, 6.45) is -0.165. The van der Waals surface area contributed by atoms with Gasteiger partial charge in [-0.25, -0.2) is 0 Å². The molecule has 1 N–H and O–H groups in total. The van der Waals surface area contributed by atoms with Crippen LogP contribution >= 0.6 is 0 Å². The Bertz CT molecular complexity index is 266. The smallest absolute Gasteiger partial charge is 0.239 e. The van der Waals surface area contributed by atoms with E-state index in [9.17, 15) is 14.4 Å². The van der Waals surface area contributed by atoms with E-state index in [4.69, 9.17) is 4.74 Å². The first-order chi connectivity index (χ1) is 7.47. The lowest BCUT2D eigenvalue weighted by molar-refractivity contribution is -0.137. The molecular weight excluding hydrogens is 212 g/mol. The zero-order valence-corrected chi connectivity index (χ0v) is 9.91. The lowest BCUT2D eigenvalue weighted by Gasteiger charge is -2.15. The largest absolute Gasteiger partial charge is 0.383 e. The predicted octanol–water partition coefficient (Wildman–Crippen LogP) is -0.813. The number of carbonyl (C=O) groups is 3. The molecule has 0 saturated carbocycles. The molecule has 0 heterocycles. The zero-order valence-electron chi connectivity index (χ0n) is 9.91. The fraction of sp³-hybridized carbons (Fsp3) is 0.700. The van der Waals surface area contributed by atoms with Crippen LogP contribution in [-0.4, -0.2) is 56.4 Å². The Balaban J connectivity index is 3.85. The minimum atomic E-state index is -0.352. The average Bonchev–Trinajstić information content (AvgIpc) is 2.16. The quantitative estimate of drug-likeness (QED) is 0.458. The molecule has 2 amide bonds. The molecule has 0 aromatic heterocycles. The molecule has 0 bridgehead atoms. The van der Waals surface area contributed by atoms with Crippen LogP contribution in [0.1, 0.15) is 13.3 Å². The number of nitrogens with one attached hydrogen (secondary N) is 1. The van der Waals surface area contributed by atoms with E-state index in [1.54, 1.807) is 0 Å². The maximum atomic E-state index is 11.3. The van der Waals surface area contributed by atoms with Crippen LogP contribution in [0.15, 0.2) is 0 Å². The first-order valence-corrected chi connectivity index (χ1v) is 4.96. The average molecular weight is 230 g/mol. The van der Waals surface area contributed by atoms with Gasteiger partial charge in [-0.05, 0) is 6.92 Å². The number of ketones is 1. The number of methoxy groups -OCH3 is 1. The van der Waals surface area contributed by atoms with Crippen molar-refractivity contribution in [2.45, 2.75) is 13.3 Å². The van der Waals surface area contributed by atoms with Gasteiger partial charge in [-0.3, -0.25) is 14.4 Å². The van der Waals surface area contributed by atoms with Crippen LogP contribution in [0.2, 0.25) is 0 Å². The molecule has 0 atom stereocenters. The first-order valence-electron chi connectivity index (χ1n) is 4.96. The molecule has 0 aromatic carbocycles. The standard InChI is InChI=1S/C10H18N2O4/c1-8(13)6-10(15)12(2)7-9(14)11-4-5-16-3/h4-7H2,1-3H3,(H,11,14). The Labute approximate surface area is 94.9 Å². The van der Waals surface area contributed by atoms with Crippen molar-refractivity contribution in [2.24, 2.45) is 0 Å². The Hall–Kier alpha value is -1.43. The lowest BCUT2D eigenvalue weighted by atomic mass is 10.3. The normalized spacial score (nSPS) is 9.69. The summed E-state index contributed by atoms with van der Waals surface area (Å²) in [5.74, 6) is -0.831. The molecule has 0 rings (SSSR count). The molecule has 0 aliphatic heterocycles. The second-order valence-electron chi connectivity index (χ2n) is 3.47. The van der Waals surface area contributed by atoms with Crippen molar-refractivity contribution in [3.8, 4) is 0 Å². The highest BCUT2D eigenvalue weighted by atomic mass is 16.5. The van der Waals surface area contributed by atoms with Crippen molar-refractivity contribution in [1.82, 2.24) is 10.2 Å². The van der Waals surface area contributed by atoms with Gasteiger partial charge >= 0.3 is 0 Å². The van der Waals surface area contributed by atoms with E-state index < -0.39 is 0 Å². The zero-order chi connectivity index (χ0) is 12.6. The van der Waals surface area contributed by atoms with Gasteiger partial charge in [-0.15, -0.1) is 0 Å². The van der Waals surface area contributed by atoms with Gasteiger partial charge in [0.2, 0.25) is 11.8 Å². The molecule has 0 saturated heterocycles. The molecule has 0 aromatic rings. The molecule has 16 heavy (non-hydrogen) atoms. The number of hydrogen-bond acceptors (Lipinski definition) is 4. The fourth-order valence-electron chi connectivity index (χ4n) is 1.000. The highest BCUT2D eigenvalue weighted by Gasteiger charge is 2.13. The minimum Gasteiger partial charge on any atom is -0.383 e. The highest BCUT2D eigenvalue weighted by molar-refractivity contribution is 5.97. The Morgan fingerprint density at radius 2 is 1.94 bits per heavy atom. The Morgan fingerprint density at radius 1 is 1.31 bits per heavy atom. The third kappa shape index (κ3) is 6.94. The minimum absolute atomic E-state index is 0.0458. The van der Waals surface area contributed by atoms with E-state index in [0.717, 1.165) is 0 Å². The van der Waals surface area contributed by atoms with Crippen molar-refractivity contribution in [2.75, 3.05) is 33.9 Å². The maximum Gasteiger partial charge on any atom is 0.239 e.